The van der Waals surface area contributed by atoms with E-state index in [0.717, 1.165) is 11.4 Å². The fraction of sp³-hybridized carbons (Fsp3) is 0.500. The van der Waals surface area contributed by atoms with Gasteiger partial charge in [0.25, 0.3) is 0 Å². The molecular weight excluding hydrogens is 196 g/mol. The highest BCUT2D eigenvalue weighted by atomic mass is 16.6. The van der Waals surface area contributed by atoms with Crippen LogP contribution in [0.3, 0.4) is 0 Å². The van der Waals surface area contributed by atoms with E-state index in [1.54, 1.807) is 6.92 Å². The number of nitrogens with zero attached hydrogens (tertiary/aromatic N) is 2. The molecule has 1 aromatic rings. The van der Waals surface area contributed by atoms with Gasteiger partial charge >= 0.3 is 5.97 Å². The summed E-state index contributed by atoms with van der Waals surface area (Å²) in [6, 6.07) is 0. The van der Waals surface area contributed by atoms with Crippen LogP contribution >= 0.6 is 0 Å². The van der Waals surface area contributed by atoms with E-state index in [4.69, 9.17) is 4.74 Å². The third kappa shape index (κ3) is 2.90. The normalized spacial score (nSPS) is 9.87. The molecule has 0 amide bonds. The molecule has 0 unspecified atom stereocenters. The Bertz CT molecular complexity index is 377. The zero-order chi connectivity index (χ0) is 11.4. The summed E-state index contributed by atoms with van der Waals surface area (Å²) in [6.45, 7) is 5.35. The molecule has 0 aromatic carbocycles. The van der Waals surface area contributed by atoms with Gasteiger partial charge < -0.3 is 9.47 Å². The predicted octanol–water partition coefficient (Wildman–Crippen LogP) is 0.954. The first-order valence-corrected chi connectivity index (χ1v) is 4.56. The van der Waals surface area contributed by atoms with Crippen LogP contribution in [-0.2, 0) is 9.53 Å². The lowest BCUT2D eigenvalue weighted by molar-refractivity contribution is -0.143. The van der Waals surface area contributed by atoms with Crippen LogP contribution in [0.25, 0.3) is 0 Å². The second-order valence-electron chi connectivity index (χ2n) is 3.15. The number of carbonyl (C=O) groups is 1. The second-order valence-corrected chi connectivity index (χ2v) is 3.15. The summed E-state index contributed by atoms with van der Waals surface area (Å²) in [4.78, 5) is 19.3. The fourth-order valence-electron chi connectivity index (χ4n) is 1.02. The summed E-state index contributed by atoms with van der Waals surface area (Å²) < 4.78 is 9.63. The van der Waals surface area contributed by atoms with Crippen molar-refractivity contribution in [3.8, 4) is 5.88 Å². The van der Waals surface area contributed by atoms with Gasteiger partial charge in [-0.25, -0.2) is 9.78 Å². The molecule has 82 valence electrons. The number of ether oxygens (including phenoxy) is 2. The Labute approximate surface area is 88.4 Å². The molecule has 1 aromatic heterocycles. The molecule has 0 saturated heterocycles. The molecule has 0 fully saturated rings. The number of carbonyl (C=O) groups excluding carboxylic acids is 1. The van der Waals surface area contributed by atoms with Crippen LogP contribution in [0.4, 0.5) is 0 Å². The van der Waals surface area contributed by atoms with Crippen molar-refractivity contribution < 1.29 is 14.3 Å². The zero-order valence-corrected chi connectivity index (χ0v) is 9.33. The Morgan fingerprint density at radius 2 is 1.73 bits per heavy atom. The molecule has 0 aliphatic heterocycles. The second kappa shape index (κ2) is 4.72. The van der Waals surface area contributed by atoms with Gasteiger partial charge in [0.1, 0.15) is 0 Å². The van der Waals surface area contributed by atoms with Crippen LogP contribution in [0.1, 0.15) is 17.1 Å². The Balaban J connectivity index is 2.77. The molecule has 0 saturated carbocycles. The standard InChI is InChI=1S/C10H14N2O3/c1-6-7(2)12-10(8(3)11-6)15-5-9(13)14-4/h5H2,1-4H3. The highest BCUT2D eigenvalue weighted by Crippen LogP contribution is 2.14. The number of aromatic nitrogens is 2. The maximum absolute atomic E-state index is 10.9. The van der Waals surface area contributed by atoms with E-state index in [9.17, 15) is 4.79 Å². The third-order valence-corrected chi connectivity index (χ3v) is 1.99. The number of rotatable bonds is 3. The van der Waals surface area contributed by atoms with Crippen LogP contribution in [0.2, 0.25) is 0 Å². The largest absolute Gasteiger partial charge is 0.466 e. The van der Waals surface area contributed by atoms with Crippen molar-refractivity contribution in [3.63, 3.8) is 0 Å². The Hall–Kier alpha value is -1.65. The van der Waals surface area contributed by atoms with Crippen molar-refractivity contribution >= 4 is 5.97 Å². The van der Waals surface area contributed by atoms with E-state index in [-0.39, 0.29) is 6.61 Å². The monoisotopic (exact) mass is 210 g/mol. The number of hydrogen-bond donors (Lipinski definition) is 0. The van der Waals surface area contributed by atoms with Crippen molar-refractivity contribution in [2.75, 3.05) is 13.7 Å². The Kier molecular flexibility index (Phi) is 3.60. The molecule has 0 radical (unpaired) electrons. The summed E-state index contributed by atoms with van der Waals surface area (Å²) in [5, 5.41) is 0. The maximum Gasteiger partial charge on any atom is 0.343 e. The number of esters is 1. The first-order chi connectivity index (χ1) is 7.04. The van der Waals surface area contributed by atoms with E-state index in [1.807, 2.05) is 13.8 Å². The van der Waals surface area contributed by atoms with Crippen LogP contribution < -0.4 is 4.74 Å². The van der Waals surface area contributed by atoms with Crippen molar-refractivity contribution in [2.45, 2.75) is 20.8 Å². The topological polar surface area (TPSA) is 61.3 Å². The zero-order valence-electron chi connectivity index (χ0n) is 9.33. The molecule has 5 nitrogen and oxygen atoms in total. The number of hydrogen-bond acceptors (Lipinski definition) is 5. The average molecular weight is 210 g/mol. The van der Waals surface area contributed by atoms with Gasteiger partial charge in [0.2, 0.25) is 5.88 Å². The molecular formula is C10H14N2O3. The van der Waals surface area contributed by atoms with Gasteiger partial charge in [-0.2, -0.15) is 0 Å². The molecule has 0 aliphatic rings. The number of methoxy groups -OCH3 is 1. The minimum atomic E-state index is -0.436. The average Bonchev–Trinajstić information content (AvgIpc) is 2.21. The molecule has 1 heterocycles. The molecule has 5 heteroatoms. The van der Waals surface area contributed by atoms with Gasteiger partial charge in [0, 0.05) is 0 Å². The predicted molar refractivity (Wildman–Crippen MR) is 53.8 cm³/mol. The smallest absolute Gasteiger partial charge is 0.343 e. The van der Waals surface area contributed by atoms with Crippen LogP contribution in [0.15, 0.2) is 0 Å². The number of aryl methyl sites for hydroxylation is 3. The summed E-state index contributed by atoms with van der Waals surface area (Å²) in [5.74, 6) is -0.0575. The molecule has 0 N–H and O–H groups in total. The fourth-order valence-corrected chi connectivity index (χ4v) is 1.02. The molecule has 0 bridgehead atoms. The van der Waals surface area contributed by atoms with E-state index >= 15 is 0 Å². The molecule has 0 atom stereocenters. The van der Waals surface area contributed by atoms with Crippen LogP contribution in [-0.4, -0.2) is 29.7 Å². The first kappa shape index (κ1) is 11.4. The highest BCUT2D eigenvalue weighted by Gasteiger charge is 2.08. The lowest BCUT2D eigenvalue weighted by atomic mass is 10.3. The summed E-state index contributed by atoms with van der Waals surface area (Å²) in [7, 11) is 1.31. The summed E-state index contributed by atoms with van der Waals surface area (Å²) in [5.41, 5.74) is 2.32. The van der Waals surface area contributed by atoms with Gasteiger partial charge in [-0.3, -0.25) is 4.98 Å². The maximum atomic E-state index is 10.9. The van der Waals surface area contributed by atoms with Crippen LogP contribution in [0.5, 0.6) is 5.88 Å². The minimum Gasteiger partial charge on any atom is -0.466 e. The lowest BCUT2D eigenvalue weighted by Crippen LogP contribution is -2.14. The summed E-state index contributed by atoms with van der Waals surface area (Å²) in [6.07, 6.45) is 0. The SMILES string of the molecule is COC(=O)COc1nc(C)c(C)nc1C. The van der Waals surface area contributed by atoms with E-state index in [1.165, 1.54) is 7.11 Å². The molecule has 0 spiro atoms. The minimum absolute atomic E-state index is 0.144. The quantitative estimate of drug-likeness (QED) is 0.695. The van der Waals surface area contributed by atoms with Gasteiger partial charge in [-0.1, -0.05) is 0 Å². The molecule has 0 aliphatic carbocycles. The third-order valence-electron chi connectivity index (χ3n) is 1.99. The van der Waals surface area contributed by atoms with Crippen molar-refractivity contribution in [1.29, 1.82) is 0 Å². The van der Waals surface area contributed by atoms with Crippen molar-refractivity contribution in [3.05, 3.63) is 17.1 Å². The Morgan fingerprint density at radius 3 is 2.33 bits per heavy atom. The van der Waals surface area contributed by atoms with Crippen molar-refractivity contribution in [1.82, 2.24) is 9.97 Å². The van der Waals surface area contributed by atoms with Gasteiger partial charge in [-0.15, -0.1) is 0 Å². The van der Waals surface area contributed by atoms with Gasteiger partial charge in [0.15, 0.2) is 6.61 Å². The first-order valence-electron chi connectivity index (χ1n) is 4.56. The van der Waals surface area contributed by atoms with Gasteiger partial charge in [-0.05, 0) is 20.8 Å². The highest BCUT2D eigenvalue weighted by molar-refractivity contribution is 5.70. The molecule has 15 heavy (non-hydrogen) atoms. The molecule has 1 rings (SSSR count). The lowest BCUT2D eigenvalue weighted by Gasteiger charge is -2.08. The van der Waals surface area contributed by atoms with E-state index < -0.39 is 5.97 Å². The van der Waals surface area contributed by atoms with Crippen LogP contribution in [0, 0.1) is 20.8 Å². The summed E-state index contributed by atoms with van der Waals surface area (Å²) >= 11 is 0. The van der Waals surface area contributed by atoms with Crippen molar-refractivity contribution in [2.24, 2.45) is 0 Å². The van der Waals surface area contributed by atoms with Gasteiger partial charge in [0.05, 0.1) is 24.2 Å². The van der Waals surface area contributed by atoms with E-state index in [0.29, 0.717) is 11.6 Å². The van der Waals surface area contributed by atoms with E-state index in [2.05, 4.69) is 14.7 Å². The Morgan fingerprint density at radius 1 is 1.13 bits per heavy atom.